The summed E-state index contributed by atoms with van der Waals surface area (Å²) in [5.74, 6) is 0.408. The number of aryl methyl sites for hydroxylation is 1. The van der Waals surface area contributed by atoms with Gasteiger partial charge in [-0.15, -0.1) is 0 Å². The highest BCUT2D eigenvalue weighted by molar-refractivity contribution is 8.18. The monoisotopic (exact) mass is 430 g/mol. The van der Waals surface area contributed by atoms with Gasteiger partial charge in [0, 0.05) is 5.69 Å². The van der Waals surface area contributed by atoms with E-state index < -0.39 is 11.7 Å². The highest BCUT2D eigenvalue weighted by Gasteiger charge is 2.35. The van der Waals surface area contributed by atoms with Crippen LogP contribution in [0.25, 0.3) is 6.08 Å². The molecule has 6 nitrogen and oxygen atoms in total. The van der Waals surface area contributed by atoms with Crippen molar-refractivity contribution in [2.24, 2.45) is 0 Å². The third-order valence-corrected chi connectivity index (χ3v) is 5.27. The molecule has 158 valence electrons. The lowest BCUT2D eigenvalue weighted by molar-refractivity contribution is -0.122. The summed E-state index contributed by atoms with van der Waals surface area (Å²) in [6, 6.07) is 9.68. The second-order valence-electron chi connectivity index (χ2n) is 6.48. The van der Waals surface area contributed by atoms with Gasteiger partial charge in [-0.3, -0.25) is 14.5 Å². The fourth-order valence-corrected chi connectivity index (χ4v) is 3.73. The van der Waals surface area contributed by atoms with Crippen molar-refractivity contribution in [3.05, 3.63) is 58.2 Å². The number of nitrogens with zero attached hydrogens (tertiary/aromatic N) is 1. The molecular weight excluding hydrogens is 407 g/mol. The summed E-state index contributed by atoms with van der Waals surface area (Å²) >= 11 is 0.865. The van der Waals surface area contributed by atoms with E-state index in [0.717, 1.165) is 27.8 Å². The molecule has 0 aromatic heterocycles. The third-order valence-electron chi connectivity index (χ3n) is 4.37. The maximum Gasteiger partial charge on any atom is 0.295 e. The molecule has 3 rings (SSSR count). The normalized spacial score (nSPS) is 15.1. The van der Waals surface area contributed by atoms with Crippen molar-refractivity contribution in [1.29, 1.82) is 0 Å². The predicted octanol–water partition coefficient (Wildman–Crippen LogP) is 5.04. The van der Waals surface area contributed by atoms with Crippen molar-refractivity contribution >= 4 is 34.7 Å². The van der Waals surface area contributed by atoms with Crippen LogP contribution in [0.4, 0.5) is 14.9 Å². The quantitative estimate of drug-likeness (QED) is 0.592. The Morgan fingerprint density at radius 1 is 1.07 bits per heavy atom. The molecule has 8 heteroatoms. The first-order valence-corrected chi connectivity index (χ1v) is 10.4. The Hall–Kier alpha value is -3.00. The summed E-state index contributed by atoms with van der Waals surface area (Å²) in [5, 5.41) is 2.57. The zero-order valence-electron chi connectivity index (χ0n) is 17.0. The molecule has 0 unspecified atom stereocenters. The number of thioether (sulfide) groups is 1. The van der Waals surface area contributed by atoms with Gasteiger partial charge in [0.05, 0.1) is 24.8 Å². The number of halogens is 1. The van der Waals surface area contributed by atoms with E-state index in [0.29, 0.717) is 35.3 Å². The minimum absolute atomic E-state index is 0.0419. The maximum atomic E-state index is 13.4. The zero-order valence-corrected chi connectivity index (χ0v) is 17.8. The Morgan fingerprint density at radius 2 is 1.80 bits per heavy atom. The topological polar surface area (TPSA) is 67.9 Å². The maximum absolute atomic E-state index is 13.4. The molecule has 30 heavy (non-hydrogen) atoms. The van der Waals surface area contributed by atoms with Gasteiger partial charge in [-0.05, 0) is 74.0 Å². The highest BCUT2D eigenvalue weighted by atomic mass is 32.2. The van der Waals surface area contributed by atoms with E-state index in [1.165, 1.54) is 12.1 Å². The molecule has 2 aromatic carbocycles. The first-order valence-electron chi connectivity index (χ1n) is 9.58. The van der Waals surface area contributed by atoms with Crippen molar-refractivity contribution in [3.8, 4) is 11.5 Å². The second-order valence-corrected chi connectivity index (χ2v) is 7.47. The number of hydrogen-bond acceptors (Lipinski definition) is 6. The number of anilines is 1. The molecule has 1 aliphatic heterocycles. The van der Waals surface area contributed by atoms with Crippen LogP contribution in [0.1, 0.15) is 25.0 Å². The van der Waals surface area contributed by atoms with Gasteiger partial charge in [-0.25, -0.2) is 4.39 Å². The van der Waals surface area contributed by atoms with Crippen molar-refractivity contribution < 1.29 is 23.5 Å². The fraction of sp³-hybridized carbons (Fsp3) is 0.273. The molecule has 1 heterocycles. The zero-order chi connectivity index (χ0) is 21.7. The molecule has 2 amide bonds. The lowest BCUT2D eigenvalue weighted by atomic mass is 10.2. The lowest BCUT2D eigenvalue weighted by Gasteiger charge is -2.16. The SMILES string of the molecule is CCOc1ccc(/C=C2/SC(=O)N(CNc3cc(F)ccc3C)C2=O)cc1OCC. The molecular formula is C22H23FN2O4S. The number of benzene rings is 2. The van der Waals surface area contributed by atoms with Crippen molar-refractivity contribution in [2.45, 2.75) is 20.8 Å². The van der Waals surface area contributed by atoms with Gasteiger partial charge in [0.2, 0.25) is 0 Å². The first-order chi connectivity index (χ1) is 14.4. The van der Waals surface area contributed by atoms with Crippen molar-refractivity contribution in [1.82, 2.24) is 4.90 Å². The summed E-state index contributed by atoms with van der Waals surface area (Å²) in [5.41, 5.74) is 2.07. The largest absolute Gasteiger partial charge is 0.490 e. The molecule has 1 saturated heterocycles. The van der Waals surface area contributed by atoms with E-state index >= 15 is 0 Å². The second kappa shape index (κ2) is 9.67. The number of carbonyl (C=O) groups excluding carboxylic acids is 2. The summed E-state index contributed by atoms with van der Waals surface area (Å²) in [7, 11) is 0. The number of rotatable bonds is 8. The molecule has 1 aliphatic rings. The van der Waals surface area contributed by atoms with Crippen LogP contribution in [0.2, 0.25) is 0 Å². The minimum Gasteiger partial charge on any atom is -0.490 e. The Balaban J connectivity index is 1.76. The lowest BCUT2D eigenvalue weighted by Crippen LogP contribution is -2.33. The average molecular weight is 431 g/mol. The van der Waals surface area contributed by atoms with Gasteiger partial charge in [-0.1, -0.05) is 12.1 Å². The van der Waals surface area contributed by atoms with Crippen molar-refractivity contribution in [2.75, 3.05) is 25.2 Å². The summed E-state index contributed by atoms with van der Waals surface area (Å²) in [6.07, 6.45) is 1.65. The standard InChI is InChI=1S/C22H23FN2O4S/c1-4-28-18-9-7-15(10-19(18)29-5-2)11-20-21(26)25(22(27)30-20)13-24-17-12-16(23)8-6-14(17)3/h6-12,24H,4-5,13H2,1-3H3/b20-11+. The number of nitrogens with one attached hydrogen (secondary N) is 1. The van der Waals surface area contributed by atoms with Gasteiger partial charge in [-0.2, -0.15) is 0 Å². The van der Waals surface area contributed by atoms with Gasteiger partial charge >= 0.3 is 0 Å². The van der Waals surface area contributed by atoms with Crippen LogP contribution in [-0.2, 0) is 4.79 Å². The molecule has 0 saturated carbocycles. The van der Waals surface area contributed by atoms with Crippen LogP contribution in [0, 0.1) is 12.7 Å². The Kier molecular flexibility index (Phi) is 6.99. The molecule has 0 spiro atoms. The third kappa shape index (κ3) is 4.94. The number of hydrogen-bond donors (Lipinski definition) is 1. The van der Waals surface area contributed by atoms with Crippen LogP contribution in [0.5, 0.6) is 11.5 Å². The molecule has 1 N–H and O–H groups in total. The number of carbonyl (C=O) groups is 2. The van der Waals surface area contributed by atoms with Crippen LogP contribution >= 0.6 is 11.8 Å². The molecule has 0 bridgehead atoms. The van der Waals surface area contributed by atoms with E-state index in [4.69, 9.17) is 9.47 Å². The molecule has 0 radical (unpaired) electrons. The van der Waals surface area contributed by atoms with E-state index in [1.807, 2.05) is 20.8 Å². The smallest absolute Gasteiger partial charge is 0.295 e. The van der Waals surface area contributed by atoms with Crippen LogP contribution in [-0.4, -0.2) is 35.9 Å². The molecule has 1 fully saturated rings. The van der Waals surface area contributed by atoms with E-state index in [9.17, 15) is 14.0 Å². The van der Waals surface area contributed by atoms with Gasteiger partial charge in [0.25, 0.3) is 11.1 Å². The van der Waals surface area contributed by atoms with Crippen molar-refractivity contribution in [3.63, 3.8) is 0 Å². The molecule has 0 aliphatic carbocycles. The van der Waals surface area contributed by atoms with Gasteiger partial charge in [0.1, 0.15) is 5.82 Å². The van der Waals surface area contributed by atoms with Gasteiger partial charge < -0.3 is 14.8 Å². The summed E-state index contributed by atoms with van der Waals surface area (Å²) in [6.45, 7) is 6.53. The fourth-order valence-electron chi connectivity index (χ4n) is 2.89. The Labute approximate surface area is 179 Å². The van der Waals surface area contributed by atoms with Crippen LogP contribution in [0.3, 0.4) is 0 Å². The Morgan fingerprint density at radius 3 is 2.53 bits per heavy atom. The number of ether oxygens (including phenoxy) is 2. The van der Waals surface area contributed by atoms with E-state index in [-0.39, 0.29) is 11.9 Å². The van der Waals surface area contributed by atoms with E-state index in [1.54, 1.807) is 30.3 Å². The number of imide groups is 1. The van der Waals surface area contributed by atoms with Crippen LogP contribution < -0.4 is 14.8 Å². The van der Waals surface area contributed by atoms with Gasteiger partial charge in [0.15, 0.2) is 11.5 Å². The molecule has 2 aromatic rings. The molecule has 0 atom stereocenters. The highest BCUT2D eigenvalue weighted by Crippen LogP contribution is 2.34. The minimum atomic E-state index is -0.404. The predicted molar refractivity (Wildman–Crippen MR) is 116 cm³/mol. The first kappa shape index (κ1) is 21.7. The van der Waals surface area contributed by atoms with Crippen LogP contribution in [0.15, 0.2) is 41.3 Å². The van der Waals surface area contributed by atoms with E-state index in [2.05, 4.69) is 5.32 Å². The number of amides is 2. The Bertz CT molecular complexity index is 993. The average Bonchev–Trinajstić information content (AvgIpc) is 2.98. The summed E-state index contributed by atoms with van der Waals surface area (Å²) in [4.78, 5) is 26.5. The summed E-state index contributed by atoms with van der Waals surface area (Å²) < 4.78 is 24.6.